The van der Waals surface area contributed by atoms with Gasteiger partial charge in [-0.25, -0.2) is 0 Å². The lowest BCUT2D eigenvalue weighted by molar-refractivity contribution is 0.475. The number of aromatic nitrogens is 3. The third kappa shape index (κ3) is 2.53. The fourth-order valence-electron chi connectivity index (χ4n) is 2.32. The molecule has 0 bridgehead atoms. The number of aromatic amines is 1. The van der Waals surface area contributed by atoms with Crippen molar-refractivity contribution in [3.8, 4) is 5.75 Å². The van der Waals surface area contributed by atoms with Crippen LogP contribution in [0.25, 0.3) is 10.8 Å². The Labute approximate surface area is 132 Å². The highest BCUT2D eigenvalue weighted by molar-refractivity contribution is 7.71. The molecular formula is C16H16N4OS. The molecule has 1 aromatic heterocycles. The van der Waals surface area contributed by atoms with Crippen LogP contribution in [0.2, 0.25) is 0 Å². The van der Waals surface area contributed by atoms with E-state index in [0.29, 0.717) is 10.3 Å². The van der Waals surface area contributed by atoms with Crippen molar-refractivity contribution in [2.24, 2.45) is 5.10 Å². The summed E-state index contributed by atoms with van der Waals surface area (Å²) in [5.41, 5.74) is 0.663. The average Bonchev–Trinajstić information content (AvgIpc) is 2.87. The van der Waals surface area contributed by atoms with Gasteiger partial charge in [-0.05, 0) is 29.1 Å². The Morgan fingerprint density at radius 2 is 2.05 bits per heavy atom. The maximum atomic E-state index is 10.1. The van der Waals surface area contributed by atoms with Crippen LogP contribution in [0.4, 0.5) is 0 Å². The van der Waals surface area contributed by atoms with Crippen molar-refractivity contribution in [1.82, 2.24) is 14.9 Å². The number of nitrogens with one attached hydrogen (secondary N) is 1. The number of phenolic OH excluding ortho intramolecular Hbond substituents is 1. The Balaban J connectivity index is 2.13. The van der Waals surface area contributed by atoms with Crippen LogP contribution >= 0.6 is 12.2 Å². The van der Waals surface area contributed by atoms with Crippen LogP contribution in [0.3, 0.4) is 0 Å². The molecule has 5 nitrogen and oxygen atoms in total. The molecule has 112 valence electrons. The van der Waals surface area contributed by atoms with Crippen LogP contribution in [0, 0.1) is 4.77 Å². The van der Waals surface area contributed by atoms with Crippen molar-refractivity contribution in [1.29, 1.82) is 0 Å². The number of rotatable bonds is 3. The second-order valence-electron chi connectivity index (χ2n) is 5.32. The van der Waals surface area contributed by atoms with Gasteiger partial charge in [-0.15, -0.1) is 0 Å². The summed E-state index contributed by atoms with van der Waals surface area (Å²) < 4.78 is 2.01. The molecule has 22 heavy (non-hydrogen) atoms. The van der Waals surface area contributed by atoms with E-state index in [2.05, 4.69) is 15.3 Å². The standard InChI is InChI=1S/C16H16N4OS/c1-10(2)15-18-19-16(22)20(15)17-9-13-12-6-4-3-5-11(12)7-8-14(13)21/h3-10,21H,1-2H3,(H,19,22)/b17-9-. The van der Waals surface area contributed by atoms with Gasteiger partial charge in [0, 0.05) is 11.5 Å². The molecule has 0 aliphatic heterocycles. The molecule has 0 aliphatic rings. The van der Waals surface area contributed by atoms with Gasteiger partial charge in [0.25, 0.3) is 0 Å². The highest BCUT2D eigenvalue weighted by Crippen LogP contribution is 2.25. The normalized spacial score (nSPS) is 11.8. The number of fused-ring (bicyclic) bond motifs is 1. The number of phenols is 1. The zero-order valence-electron chi connectivity index (χ0n) is 12.3. The molecule has 0 atom stereocenters. The topological polar surface area (TPSA) is 66.2 Å². The molecule has 3 rings (SSSR count). The SMILES string of the molecule is CC(C)c1n[nH]c(=S)n1/N=C\c1c(O)ccc2ccccc12. The first-order valence-corrected chi connectivity index (χ1v) is 7.41. The van der Waals surface area contributed by atoms with Crippen molar-refractivity contribution >= 4 is 29.2 Å². The van der Waals surface area contributed by atoms with Crippen molar-refractivity contribution in [3.63, 3.8) is 0 Å². The summed E-state index contributed by atoms with van der Waals surface area (Å²) in [7, 11) is 0. The van der Waals surface area contributed by atoms with Gasteiger partial charge >= 0.3 is 0 Å². The number of nitrogens with zero attached hydrogens (tertiary/aromatic N) is 3. The average molecular weight is 312 g/mol. The molecule has 0 saturated carbocycles. The number of aromatic hydroxyl groups is 1. The summed E-state index contributed by atoms with van der Waals surface area (Å²) in [5, 5.41) is 23.4. The van der Waals surface area contributed by atoms with E-state index in [9.17, 15) is 5.11 Å². The van der Waals surface area contributed by atoms with Crippen molar-refractivity contribution in [3.05, 3.63) is 52.6 Å². The van der Waals surface area contributed by atoms with Crippen LogP contribution in [-0.2, 0) is 0 Å². The largest absolute Gasteiger partial charge is 0.507 e. The first-order valence-electron chi connectivity index (χ1n) is 7.00. The number of hydrogen-bond acceptors (Lipinski definition) is 4. The van der Waals surface area contributed by atoms with Crippen LogP contribution in [0.15, 0.2) is 41.5 Å². The van der Waals surface area contributed by atoms with Crippen molar-refractivity contribution < 1.29 is 5.11 Å². The number of hydrogen-bond donors (Lipinski definition) is 2. The maximum Gasteiger partial charge on any atom is 0.216 e. The molecule has 2 aromatic carbocycles. The molecule has 2 N–H and O–H groups in total. The van der Waals surface area contributed by atoms with E-state index in [1.165, 1.54) is 0 Å². The molecule has 3 aromatic rings. The predicted octanol–water partition coefficient (Wildman–Crippen LogP) is 3.81. The van der Waals surface area contributed by atoms with E-state index in [0.717, 1.165) is 16.6 Å². The Morgan fingerprint density at radius 1 is 1.27 bits per heavy atom. The van der Waals surface area contributed by atoms with E-state index in [1.54, 1.807) is 17.0 Å². The van der Waals surface area contributed by atoms with Gasteiger partial charge in [0.05, 0.1) is 6.21 Å². The Morgan fingerprint density at radius 3 is 2.82 bits per heavy atom. The lowest BCUT2D eigenvalue weighted by Crippen LogP contribution is -2.01. The lowest BCUT2D eigenvalue weighted by atomic mass is 10.0. The Hall–Kier alpha value is -2.47. The van der Waals surface area contributed by atoms with Gasteiger partial charge in [0.2, 0.25) is 4.77 Å². The molecular weight excluding hydrogens is 296 g/mol. The second-order valence-corrected chi connectivity index (χ2v) is 5.70. The zero-order chi connectivity index (χ0) is 15.7. The molecule has 6 heteroatoms. The van der Waals surface area contributed by atoms with Crippen molar-refractivity contribution in [2.45, 2.75) is 19.8 Å². The monoisotopic (exact) mass is 312 g/mol. The van der Waals surface area contributed by atoms with Gasteiger partial charge in [-0.2, -0.15) is 14.9 Å². The van der Waals surface area contributed by atoms with Crippen LogP contribution in [-0.4, -0.2) is 26.2 Å². The van der Waals surface area contributed by atoms with Gasteiger partial charge in [-0.1, -0.05) is 44.2 Å². The Kier molecular flexibility index (Phi) is 3.77. The molecule has 0 saturated heterocycles. The minimum absolute atomic E-state index is 0.184. The van der Waals surface area contributed by atoms with E-state index < -0.39 is 0 Å². The van der Waals surface area contributed by atoms with Gasteiger partial charge in [0.1, 0.15) is 5.75 Å². The molecule has 0 fully saturated rings. The minimum Gasteiger partial charge on any atom is -0.507 e. The highest BCUT2D eigenvalue weighted by Gasteiger charge is 2.10. The van der Waals surface area contributed by atoms with E-state index in [-0.39, 0.29) is 11.7 Å². The van der Waals surface area contributed by atoms with Crippen LogP contribution in [0.5, 0.6) is 5.75 Å². The molecule has 0 aliphatic carbocycles. The van der Waals surface area contributed by atoms with Crippen LogP contribution in [0.1, 0.15) is 31.2 Å². The molecule has 0 amide bonds. The smallest absolute Gasteiger partial charge is 0.216 e. The number of H-pyrrole nitrogens is 1. The summed E-state index contributed by atoms with van der Waals surface area (Å²) in [6.45, 7) is 4.04. The van der Waals surface area contributed by atoms with E-state index in [1.807, 2.05) is 44.2 Å². The fraction of sp³-hybridized carbons (Fsp3) is 0.188. The summed E-state index contributed by atoms with van der Waals surface area (Å²) in [6.07, 6.45) is 1.62. The molecule has 1 heterocycles. The predicted molar refractivity (Wildman–Crippen MR) is 90.1 cm³/mol. The first kappa shape index (κ1) is 14.5. The fourth-order valence-corrected chi connectivity index (χ4v) is 2.51. The minimum atomic E-state index is 0.184. The third-order valence-electron chi connectivity index (χ3n) is 3.44. The molecule has 0 radical (unpaired) electrons. The summed E-state index contributed by atoms with van der Waals surface area (Å²) in [5.74, 6) is 1.12. The summed E-state index contributed by atoms with van der Waals surface area (Å²) in [6, 6.07) is 11.4. The molecule has 0 unspecified atom stereocenters. The summed E-state index contributed by atoms with van der Waals surface area (Å²) in [4.78, 5) is 0. The first-order chi connectivity index (χ1) is 10.6. The third-order valence-corrected chi connectivity index (χ3v) is 3.71. The van der Waals surface area contributed by atoms with Crippen LogP contribution < -0.4 is 0 Å². The van der Waals surface area contributed by atoms with E-state index in [4.69, 9.17) is 12.2 Å². The highest BCUT2D eigenvalue weighted by atomic mass is 32.1. The second kappa shape index (κ2) is 5.73. The quantitative estimate of drug-likeness (QED) is 0.571. The number of benzene rings is 2. The summed E-state index contributed by atoms with van der Waals surface area (Å²) >= 11 is 5.20. The van der Waals surface area contributed by atoms with Crippen molar-refractivity contribution in [2.75, 3.05) is 0 Å². The maximum absolute atomic E-state index is 10.1. The zero-order valence-corrected chi connectivity index (χ0v) is 13.1. The Bertz CT molecular complexity index is 908. The van der Waals surface area contributed by atoms with Gasteiger partial charge in [0.15, 0.2) is 5.82 Å². The van der Waals surface area contributed by atoms with E-state index >= 15 is 0 Å². The van der Waals surface area contributed by atoms with Gasteiger partial charge in [-0.3, -0.25) is 5.10 Å². The van der Waals surface area contributed by atoms with Gasteiger partial charge < -0.3 is 5.11 Å². The lowest BCUT2D eigenvalue weighted by Gasteiger charge is -2.06. The molecule has 0 spiro atoms.